The first kappa shape index (κ1) is 16.5. The van der Waals surface area contributed by atoms with Crippen LogP contribution in [0, 0.1) is 6.92 Å². The molecule has 1 aromatic carbocycles. The molecule has 0 fully saturated rings. The fraction of sp³-hybridized carbons (Fsp3) is 0.400. The van der Waals surface area contributed by atoms with Gasteiger partial charge in [-0.1, -0.05) is 18.2 Å². The van der Waals surface area contributed by atoms with Gasteiger partial charge in [0.2, 0.25) is 5.91 Å². The number of benzene rings is 1. The maximum Gasteiger partial charge on any atom is 0.221 e. The SMILES string of the molecule is Cc1[nH]c2ccccc2c1CCNC(=O)CC(C)N.Cl. The minimum absolute atomic E-state index is 0. The molecule has 0 aliphatic rings. The van der Waals surface area contributed by atoms with Crippen molar-refractivity contribution >= 4 is 29.2 Å². The summed E-state index contributed by atoms with van der Waals surface area (Å²) in [7, 11) is 0. The van der Waals surface area contributed by atoms with E-state index in [0.29, 0.717) is 13.0 Å². The Labute approximate surface area is 125 Å². The second-order valence-corrected chi connectivity index (χ2v) is 5.06. The van der Waals surface area contributed by atoms with E-state index in [2.05, 4.69) is 29.4 Å². The Morgan fingerprint density at radius 3 is 2.80 bits per heavy atom. The molecule has 0 radical (unpaired) electrons. The van der Waals surface area contributed by atoms with Gasteiger partial charge in [-0.05, 0) is 31.9 Å². The first-order valence-corrected chi connectivity index (χ1v) is 6.66. The number of amides is 1. The Balaban J connectivity index is 0.00000200. The average Bonchev–Trinajstić information content (AvgIpc) is 2.65. The number of hydrogen-bond acceptors (Lipinski definition) is 2. The molecule has 1 unspecified atom stereocenters. The molecule has 110 valence electrons. The fourth-order valence-electron chi connectivity index (χ4n) is 2.35. The number of rotatable bonds is 5. The number of aryl methyl sites for hydroxylation is 1. The van der Waals surface area contributed by atoms with Gasteiger partial charge in [-0.3, -0.25) is 4.79 Å². The molecule has 0 spiro atoms. The van der Waals surface area contributed by atoms with Crippen LogP contribution in [0.15, 0.2) is 24.3 Å². The Bertz CT molecular complexity index is 578. The molecule has 1 atom stereocenters. The molecule has 5 heteroatoms. The zero-order valence-corrected chi connectivity index (χ0v) is 12.7. The normalized spacial score (nSPS) is 11.9. The number of hydrogen-bond donors (Lipinski definition) is 3. The number of nitrogens with two attached hydrogens (primary N) is 1. The summed E-state index contributed by atoms with van der Waals surface area (Å²) in [5.41, 5.74) is 9.19. The standard InChI is InChI=1S/C15H21N3O.ClH/c1-10(16)9-15(19)17-8-7-12-11(2)18-14-6-4-3-5-13(12)14;/h3-6,10,18H,7-9,16H2,1-2H3,(H,17,19);1H. The Morgan fingerprint density at radius 1 is 1.40 bits per heavy atom. The van der Waals surface area contributed by atoms with Crippen molar-refractivity contribution < 1.29 is 4.79 Å². The van der Waals surface area contributed by atoms with Crippen molar-refractivity contribution in [3.63, 3.8) is 0 Å². The van der Waals surface area contributed by atoms with E-state index in [9.17, 15) is 4.79 Å². The van der Waals surface area contributed by atoms with E-state index in [4.69, 9.17) is 5.73 Å². The van der Waals surface area contributed by atoms with Crippen molar-refractivity contribution in [2.45, 2.75) is 32.7 Å². The molecular formula is C15H22ClN3O. The van der Waals surface area contributed by atoms with Gasteiger partial charge in [-0.2, -0.15) is 0 Å². The smallest absolute Gasteiger partial charge is 0.221 e. The summed E-state index contributed by atoms with van der Waals surface area (Å²) < 4.78 is 0. The van der Waals surface area contributed by atoms with Crippen LogP contribution in [0.25, 0.3) is 10.9 Å². The number of halogens is 1. The third kappa shape index (κ3) is 3.99. The van der Waals surface area contributed by atoms with Crippen LogP contribution in [0.4, 0.5) is 0 Å². The predicted octanol–water partition coefficient (Wildman–Crippen LogP) is 2.29. The average molecular weight is 296 g/mol. The number of nitrogens with one attached hydrogen (secondary N) is 2. The summed E-state index contributed by atoms with van der Waals surface area (Å²) in [5, 5.41) is 4.15. The highest BCUT2D eigenvalue weighted by Gasteiger charge is 2.09. The molecule has 0 saturated carbocycles. The van der Waals surface area contributed by atoms with E-state index < -0.39 is 0 Å². The molecule has 1 heterocycles. The first-order valence-electron chi connectivity index (χ1n) is 6.66. The van der Waals surface area contributed by atoms with Gasteiger partial charge >= 0.3 is 0 Å². The van der Waals surface area contributed by atoms with Crippen molar-refractivity contribution in [1.82, 2.24) is 10.3 Å². The molecule has 4 nitrogen and oxygen atoms in total. The maximum atomic E-state index is 11.5. The number of fused-ring (bicyclic) bond motifs is 1. The van der Waals surface area contributed by atoms with Crippen LogP contribution in [-0.4, -0.2) is 23.5 Å². The summed E-state index contributed by atoms with van der Waals surface area (Å²) >= 11 is 0. The topological polar surface area (TPSA) is 70.9 Å². The number of aromatic nitrogens is 1. The monoisotopic (exact) mass is 295 g/mol. The number of H-pyrrole nitrogens is 1. The van der Waals surface area contributed by atoms with Crippen molar-refractivity contribution in [3.05, 3.63) is 35.5 Å². The molecule has 1 amide bonds. The maximum absolute atomic E-state index is 11.5. The second kappa shape index (κ2) is 7.31. The molecule has 0 saturated heterocycles. The lowest BCUT2D eigenvalue weighted by molar-refractivity contribution is -0.121. The summed E-state index contributed by atoms with van der Waals surface area (Å²) in [5.74, 6) is 0.0208. The lowest BCUT2D eigenvalue weighted by Crippen LogP contribution is -2.31. The van der Waals surface area contributed by atoms with Gasteiger partial charge in [0.05, 0.1) is 0 Å². The van der Waals surface area contributed by atoms with E-state index in [1.54, 1.807) is 0 Å². The summed E-state index contributed by atoms with van der Waals surface area (Å²) in [6.45, 7) is 4.55. The molecule has 1 aromatic heterocycles. The van der Waals surface area contributed by atoms with Gasteiger partial charge in [0, 0.05) is 35.6 Å². The van der Waals surface area contributed by atoms with Gasteiger partial charge in [0.15, 0.2) is 0 Å². The number of aromatic amines is 1. The minimum Gasteiger partial charge on any atom is -0.358 e. The molecule has 0 aliphatic heterocycles. The van der Waals surface area contributed by atoms with Gasteiger partial charge in [-0.15, -0.1) is 12.4 Å². The van der Waals surface area contributed by atoms with E-state index >= 15 is 0 Å². The van der Waals surface area contributed by atoms with Crippen LogP contribution in [0.1, 0.15) is 24.6 Å². The van der Waals surface area contributed by atoms with Crippen molar-refractivity contribution in [3.8, 4) is 0 Å². The van der Waals surface area contributed by atoms with E-state index in [-0.39, 0.29) is 24.4 Å². The van der Waals surface area contributed by atoms with Gasteiger partial charge in [-0.25, -0.2) is 0 Å². The van der Waals surface area contributed by atoms with Crippen molar-refractivity contribution in [2.75, 3.05) is 6.54 Å². The third-order valence-corrected chi connectivity index (χ3v) is 3.23. The highest BCUT2D eigenvalue weighted by Crippen LogP contribution is 2.21. The Hall–Kier alpha value is -1.52. The minimum atomic E-state index is -0.0881. The molecule has 2 rings (SSSR count). The Kier molecular flexibility index (Phi) is 6.05. The lowest BCUT2D eigenvalue weighted by atomic mass is 10.1. The largest absolute Gasteiger partial charge is 0.358 e. The molecule has 2 aromatic rings. The van der Waals surface area contributed by atoms with Crippen molar-refractivity contribution in [2.24, 2.45) is 5.73 Å². The Morgan fingerprint density at radius 2 is 2.10 bits per heavy atom. The fourth-order valence-corrected chi connectivity index (χ4v) is 2.35. The summed E-state index contributed by atoms with van der Waals surface area (Å²) in [6.07, 6.45) is 1.22. The summed E-state index contributed by atoms with van der Waals surface area (Å²) in [4.78, 5) is 14.9. The van der Waals surface area contributed by atoms with E-state index in [1.165, 1.54) is 16.6 Å². The van der Waals surface area contributed by atoms with Crippen LogP contribution in [-0.2, 0) is 11.2 Å². The molecule has 0 aliphatic carbocycles. The van der Waals surface area contributed by atoms with Crippen molar-refractivity contribution in [1.29, 1.82) is 0 Å². The molecule has 4 N–H and O–H groups in total. The van der Waals surface area contributed by atoms with Gasteiger partial charge in [0.25, 0.3) is 0 Å². The second-order valence-electron chi connectivity index (χ2n) is 5.06. The third-order valence-electron chi connectivity index (χ3n) is 3.23. The van der Waals surface area contributed by atoms with Crippen LogP contribution in [0.5, 0.6) is 0 Å². The quantitative estimate of drug-likeness (QED) is 0.792. The van der Waals surface area contributed by atoms with Gasteiger partial charge < -0.3 is 16.0 Å². The van der Waals surface area contributed by atoms with Crippen LogP contribution < -0.4 is 11.1 Å². The highest BCUT2D eigenvalue weighted by atomic mass is 35.5. The lowest BCUT2D eigenvalue weighted by Gasteiger charge is -2.07. The van der Waals surface area contributed by atoms with Crippen LogP contribution >= 0.6 is 12.4 Å². The predicted molar refractivity (Wildman–Crippen MR) is 85.3 cm³/mol. The zero-order chi connectivity index (χ0) is 13.8. The number of carbonyl (C=O) groups excluding carboxylic acids is 1. The molecular weight excluding hydrogens is 274 g/mol. The van der Waals surface area contributed by atoms with Crippen LogP contribution in [0.3, 0.4) is 0 Å². The molecule has 20 heavy (non-hydrogen) atoms. The van der Waals surface area contributed by atoms with Crippen LogP contribution in [0.2, 0.25) is 0 Å². The molecule has 0 bridgehead atoms. The summed E-state index contributed by atoms with van der Waals surface area (Å²) in [6, 6.07) is 8.15. The van der Waals surface area contributed by atoms with E-state index in [0.717, 1.165) is 11.9 Å². The highest BCUT2D eigenvalue weighted by molar-refractivity contribution is 5.85. The van der Waals surface area contributed by atoms with Gasteiger partial charge in [0.1, 0.15) is 0 Å². The van der Waals surface area contributed by atoms with E-state index in [1.807, 2.05) is 19.1 Å². The first-order chi connectivity index (χ1) is 9.08. The zero-order valence-electron chi connectivity index (χ0n) is 11.9. The number of para-hydroxylation sites is 1. The number of carbonyl (C=O) groups is 1.